The Balaban J connectivity index is 1.97. The number of benzene rings is 1. The van der Waals surface area contributed by atoms with E-state index in [2.05, 4.69) is 28.4 Å². The molecule has 0 aliphatic heterocycles. The van der Waals surface area contributed by atoms with Crippen molar-refractivity contribution < 1.29 is 0 Å². The van der Waals surface area contributed by atoms with Gasteiger partial charge in [0, 0.05) is 18.7 Å². The molecule has 1 atom stereocenters. The van der Waals surface area contributed by atoms with Crippen LogP contribution in [-0.4, -0.2) is 16.7 Å². The molecule has 2 aromatic rings. The summed E-state index contributed by atoms with van der Waals surface area (Å²) in [5.41, 5.74) is 11.1. The molecule has 1 unspecified atom stereocenters. The van der Waals surface area contributed by atoms with Crippen LogP contribution in [0, 0.1) is 0 Å². The molecule has 1 aromatic heterocycles. The third-order valence-electron chi connectivity index (χ3n) is 3.71. The molecular weight excluding hydrogens is 222 g/mol. The van der Waals surface area contributed by atoms with Crippen LogP contribution in [0.15, 0.2) is 36.5 Å². The molecule has 92 valence electrons. The predicted octanol–water partition coefficient (Wildman–Crippen LogP) is 2.06. The lowest BCUT2D eigenvalue weighted by Crippen LogP contribution is -2.15. The van der Waals surface area contributed by atoms with Gasteiger partial charge in [-0.05, 0) is 48.1 Å². The first kappa shape index (κ1) is 11.4. The third kappa shape index (κ3) is 2.02. The summed E-state index contributed by atoms with van der Waals surface area (Å²) in [4.78, 5) is 0. The second kappa shape index (κ2) is 4.86. The van der Waals surface area contributed by atoms with Crippen molar-refractivity contribution >= 4 is 0 Å². The predicted molar refractivity (Wildman–Crippen MR) is 71.4 cm³/mol. The highest BCUT2D eigenvalue weighted by Crippen LogP contribution is 2.28. The largest absolute Gasteiger partial charge is 0.329 e. The first-order chi connectivity index (χ1) is 8.88. The monoisotopic (exact) mass is 239 g/mol. The molecule has 18 heavy (non-hydrogen) atoms. The Hall–Kier alpha value is -1.74. The molecular formula is C15H17N3. The van der Waals surface area contributed by atoms with Crippen molar-refractivity contribution in [2.24, 2.45) is 5.73 Å². The molecule has 3 nitrogen and oxygen atoms in total. The quantitative estimate of drug-likeness (QED) is 0.892. The van der Waals surface area contributed by atoms with Gasteiger partial charge < -0.3 is 5.73 Å². The number of aryl methyl sites for hydroxylation is 2. The molecule has 3 rings (SSSR count). The van der Waals surface area contributed by atoms with E-state index in [0.29, 0.717) is 6.54 Å². The summed E-state index contributed by atoms with van der Waals surface area (Å²) in [5.74, 6) is 0.157. The maximum Gasteiger partial charge on any atom is 0.0718 e. The van der Waals surface area contributed by atoms with E-state index in [4.69, 9.17) is 5.73 Å². The molecule has 0 spiro atoms. The average molecular weight is 239 g/mol. The Labute approximate surface area is 107 Å². The van der Waals surface area contributed by atoms with Crippen LogP contribution in [0.4, 0.5) is 0 Å². The van der Waals surface area contributed by atoms with Gasteiger partial charge in [0.25, 0.3) is 0 Å². The first-order valence-electron chi connectivity index (χ1n) is 6.48. The highest BCUT2D eigenvalue weighted by atomic mass is 15.1. The first-order valence-corrected chi connectivity index (χ1v) is 6.48. The minimum absolute atomic E-state index is 0.157. The number of fused-ring (bicyclic) bond motifs is 1. The molecule has 1 aliphatic rings. The molecule has 0 radical (unpaired) electrons. The zero-order valence-electron chi connectivity index (χ0n) is 10.3. The van der Waals surface area contributed by atoms with Gasteiger partial charge in [-0.1, -0.05) is 18.2 Å². The molecule has 1 aromatic carbocycles. The van der Waals surface area contributed by atoms with Crippen LogP contribution in [0.25, 0.3) is 0 Å². The zero-order chi connectivity index (χ0) is 12.4. The molecule has 0 fully saturated rings. The van der Waals surface area contributed by atoms with Gasteiger partial charge in [0.2, 0.25) is 0 Å². The van der Waals surface area contributed by atoms with Gasteiger partial charge in [-0.25, -0.2) is 0 Å². The van der Waals surface area contributed by atoms with Crippen LogP contribution < -0.4 is 5.73 Å². The van der Waals surface area contributed by atoms with Crippen molar-refractivity contribution in [1.29, 1.82) is 0 Å². The van der Waals surface area contributed by atoms with Gasteiger partial charge in [0.05, 0.1) is 5.69 Å². The lowest BCUT2D eigenvalue weighted by atomic mass is 9.93. The summed E-state index contributed by atoms with van der Waals surface area (Å²) in [6.07, 6.45) is 5.38. The molecule has 1 aliphatic carbocycles. The van der Waals surface area contributed by atoms with Crippen molar-refractivity contribution in [3.8, 4) is 0 Å². The maximum atomic E-state index is 5.91. The second-order valence-electron chi connectivity index (χ2n) is 4.82. The van der Waals surface area contributed by atoms with E-state index in [1.807, 2.05) is 12.1 Å². The molecule has 0 bridgehead atoms. The van der Waals surface area contributed by atoms with Gasteiger partial charge in [-0.2, -0.15) is 10.2 Å². The van der Waals surface area contributed by atoms with E-state index in [1.165, 1.54) is 36.0 Å². The van der Waals surface area contributed by atoms with Crippen LogP contribution >= 0.6 is 0 Å². The lowest BCUT2D eigenvalue weighted by molar-refractivity contribution is 0.759. The van der Waals surface area contributed by atoms with Crippen molar-refractivity contribution in [1.82, 2.24) is 10.2 Å². The Morgan fingerprint density at radius 3 is 2.83 bits per heavy atom. The number of nitrogens with zero attached hydrogens (tertiary/aromatic N) is 2. The number of hydrogen-bond donors (Lipinski definition) is 1. The van der Waals surface area contributed by atoms with Crippen LogP contribution in [0.2, 0.25) is 0 Å². The Bertz CT molecular complexity index is 537. The molecule has 0 amide bonds. The molecule has 0 saturated heterocycles. The third-order valence-corrected chi connectivity index (χ3v) is 3.71. The van der Waals surface area contributed by atoms with Gasteiger partial charge in [0.1, 0.15) is 0 Å². The van der Waals surface area contributed by atoms with Gasteiger partial charge in [0.15, 0.2) is 0 Å². The fraction of sp³-hybridized carbons (Fsp3) is 0.333. The number of hydrogen-bond acceptors (Lipinski definition) is 3. The highest BCUT2D eigenvalue weighted by Gasteiger charge is 2.17. The van der Waals surface area contributed by atoms with E-state index < -0.39 is 0 Å². The van der Waals surface area contributed by atoms with E-state index >= 15 is 0 Å². The summed E-state index contributed by atoms with van der Waals surface area (Å²) in [7, 11) is 0. The summed E-state index contributed by atoms with van der Waals surface area (Å²) >= 11 is 0. The van der Waals surface area contributed by atoms with Crippen molar-refractivity contribution in [2.75, 3.05) is 6.54 Å². The number of rotatable bonds is 3. The Morgan fingerprint density at radius 1 is 1.17 bits per heavy atom. The van der Waals surface area contributed by atoms with Gasteiger partial charge >= 0.3 is 0 Å². The fourth-order valence-electron chi connectivity index (χ4n) is 2.74. The van der Waals surface area contributed by atoms with Crippen LogP contribution in [0.1, 0.15) is 34.7 Å². The summed E-state index contributed by atoms with van der Waals surface area (Å²) in [6.45, 7) is 0.567. The molecule has 2 N–H and O–H groups in total. The molecule has 1 heterocycles. The molecule has 0 saturated carbocycles. The second-order valence-corrected chi connectivity index (χ2v) is 4.82. The molecule has 3 heteroatoms. The average Bonchev–Trinajstić information content (AvgIpc) is 2.88. The smallest absolute Gasteiger partial charge is 0.0718 e. The van der Waals surface area contributed by atoms with Crippen LogP contribution in [-0.2, 0) is 12.8 Å². The number of aromatic nitrogens is 2. The summed E-state index contributed by atoms with van der Waals surface area (Å²) in [5, 5.41) is 8.14. The van der Waals surface area contributed by atoms with Gasteiger partial charge in [-0.15, -0.1) is 0 Å². The minimum atomic E-state index is 0.157. The standard InChI is InChI=1S/C15H17N3/c16-10-14(15-5-2-8-17-18-15)13-7-6-11-3-1-4-12(11)9-13/h2,5-9,14H,1,3-4,10,16H2. The van der Waals surface area contributed by atoms with E-state index in [0.717, 1.165) is 5.69 Å². The summed E-state index contributed by atoms with van der Waals surface area (Å²) in [6, 6.07) is 10.7. The van der Waals surface area contributed by atoms with E-state index in [1.54, 1.807) is 6.20 Å². The Kier molecular flexibility index (Phi) is 3.07. The van der Waals surface area contributed by atoms with Crippen LogP contribution in [0.3, 0.4) is 0 Å². The summed E-state index contributed by atoms with van der Waals surface area (Å²) < 4.78 is 0. The topological polar surface area (TPSA) is 51.8 Å². The Morgan fingerprint density at radius 2 is 2.06 bits per heavy atom. The van der Waals surface area contributed by atoms with Gasteiger partial charge in [-0.3, -0.25) is 0 Å². The maximum absolute atomic E-state index is 5.91. The van der Waals surface area contributed by atoms with Crippen LogP contribution in [0.5, 0.6) is 0 Å². The fourth-order valence-corrected chi connectivity index (χ4v) is 2.74. The van der Waals surface area contributed by atoms with Crippen molar-refractivity contribution in [2.45, 2.75) is 25.2 Å². The SMILES string of the molecule is NCC(c1ccc2c(c1)CCC2)c1cccnn1. The van der Waals surface area contributed by atoms with E-state index in [-0.39, 0.29) is 5.92 Å². The zero-order valence-corrected chi connectivity index (χ0v) is 10.3. The minimum Gasteiger partial charge on any atom is -0.329 e. The normalized spacial score (nSPS) is 15.4. The highest BCUT2D eigenvalue weighted by molar-refractivity contribution is 5.39. The lowest BCUT2D eigenvalue weighted by Gasteiger charge is -2.15. The number of nitrogens with two attached hydrogens (primary N) is 1. The van der Waals surface area contributed by atoms with Crippen molar-refractivity contribution in [3.63, 3.8) is 0 Å². The van der Waals surface area contributed by atoms with E-state index in [9.17, 15) is 0 Å². The van der Waals surface area contributed by atoms with Crippen molar-refractivity contribution in [3.05, 3.63) is 58.9 Å².